The summed E-state index contributed by atoms with van der Waals surface area (Å²) in [7, 11) is 0. The highest BCUT2D eigenvalue weighted by molar-refractivity contribution is 6.31. The lowest BCUT2D eigenvalue weighted by Gasteiger charge is -2.22. The number of carbonyl (C=O) groups excluding carboxylic acids is 2. The second kappa shape index (κ2) is 8.31. The molecule has 5 nitrogen and oxygen atoms in total. The molecule has 0 saturated carbocycles. The van der Waals surface area contributed by atoms with E-state index in [1.165, 1.54) is 0 Å². The Kier molecular flexibility index (Phi) is 6.42. The van der Waals surface area contributed by atoms with Crippen LogP contribution in [0, 0.1) is 0 Å². The average Bonchev–Trinajstić information content (AvgIpc) is 2.73. The lowest BCUT2D eigenvalue weighted by atomic mass is 10.1. The first-order chi connectivity index (χ1) is 11.0. The fraction of sp³-hybridized carbons (Fsp3) is 0.529. The molecule has 1 atom stereocenters. The van der Waals surface area contributed by atoms with Crippen molar-refractivity contribution in [1.29, 1.82) is 0 Å². The number of carbonyl (C=O) groups is 2. The molecule has 1 aromatic carbocycles. The number of benzene rings is 1. The van der Waals surface area contributed by atoms with E-state index in [4.69, 9.17) is 11.6 Å². The van der Waals surface area contributed by atoms with Gasteiger partial charge in [-0.25, -0.2) is 0 Å². The molecular formula is C17H24ClN3O2. The molecule has 1 aliphatic rings. The van der Waals surface area contributed by atoms with Crippen molar-refractivity contribution in [3.63, 3.8) is 0 Å². The Hall–Kier alpha value is -1.59. The Morgan fingerprint density at radius 3 is 2.65 bits per heavy atom. The summed E-state index contributed by atoms with van der Waals surface area (Å²) in [5.41, 5.74) is 0.918. The van der Waals surface area contributed by atoms with E-state index in [2.05, 4.69) is 10.2 Å². The van der Waals surface area contributed by atoms with Crippen LogP contribution in [0.5, 0.6) is 0 Å². The van der Waals surface area contributed by atoms with Crippen LogP contribution in [0.15, 0.2) is 24.3 Å². The van der Waals surface area contributed by atoms with Gasteiger partial charge in [-0.2, -0.15) is 0 Å². The maximum atomic E-state index is 12.3. The zero-order valence-electron chi connectivity index (χ0n) is 13.7. The molecule has 1 fully saturated rings. The molecule has 126 valence electrons. The standard InChI is InChI=1S/C17H24ClN3O2/c1-13(15-6-3-4-7-16(15)18)19-17(23)12-20-8-5-9-21(11-10-20)14(2)22/h3-4,6-7,13H,5,8-12H2,1-2H3,(H,19,23). The van der Waals surface area contributed by atoms with Crippen LogP contribution >= 0.6 is 11.6 Å². The van der Waals surface area contributed by atoms with Gasteiger partial charge in [0.2, 0.25) is 11.8 Å². The fourth-order valence-corrected chi connectivity index (χ4v) is 3.14. The van der Waals surface area contributed by atoms with Crippen LogP contribution in [-0.2, 0) is 9.59 Å². The summed E-state index contributed by atoms with van der Waals surface area (Å²) in [4.78, 5) is 27.6. The molecule has 2 rings (SSSR count). The molecule has 1 heterocycles. The number of hydrogen-bond acceptors (Lipinski definition) is 3. The Morgan fingerprint density at radius 2 is 1.96 bits per heavy atom. The van der Waals surface area contributed by atoms with E-state index >= 15 is 0 Å². The first-order valence-electron chi connectivity index (χ1n) is 7.99. The van der Waals surface area contributed by atoms with Crippen LogP contribution in [0.4, 0.5) is 0 Å². The van der Waals surface area contributed by atoms with Crippen LogP contribution in [0.3, 0.4) is 0 Å². The van der Waals surface area contributed by atoms with E-state index in [1.807, 2.05) is 36.1 Å². The maximum absolute atomic E-state index is 12.3. The third-order valence-electron chi connectivity index (χ3n) is 4.15. The molecule has 2 amide bonds. The van der Waals surface area contributed by atoms with Crippen molar-refractivity contribution in [2.75, 3.05) is 32.7 Å². The zero-order valence-corrected chi connectivity index (χ0v) is 14.5. The predicted molar refractivity (Wildman–Crippen MR) is 91.3 cm³/mol. The van der Waals surface area contributed by atoms with Gasteiger partial charge in [-0.1, -0.05) is 29.8 Å². The van der Waals surface area contributed by atoms with Crippen molar-refractivity contribution in [2.24, 2.45) is 0 Å². The number of halogens is 1. The maximum Gasteiger partial charge on any atom is 0.234 e. The van der Waals surface area contributed by atoms with E-state index in [1.54, 1.807) is 6.92 Å². The second-order valence-electron chi connectivity index (χ2n) is 5.95. The zero-order chi connectivity index (χ0) is 16.8. The van der Waals surface area contributed by atoms with E-state index < -0.39 is 0 Å². The molecule has 1 aromatic rings. The molecule has 0 radical (unpaired) electrons. The van der Waals surface area contributed by atoms with Gasteiger partial charge in [0.05, 0.1) is 12.6 Å². The summed E-state index contributed by atoms with van der Waals surface area (Å²) < 4.78 is 0. The van der Waals surface area contributed by atoms with Crippen molar-refractivity contribution < 1.29 is 9.59 Å². The number of nitrogens with zero attached hydrogens (tertiary/aromatic N) is 2. The first-order valence-corrected chi connectivity index (χ1v) is 8.37. The number of nitrogens with one attached hydrogen (secondary N) is 1. The van der Waals surface area contributed by atoms with Crippen molar-refractivity contribution in [1.82, 2.24) is 15.1 Å². The molecule has 0 aliphatic carbocycles. The molecule has 1 N–H and O–H groups in total. The fourth-order valence-electron chi connectivity index (χ4n) is 2.84. The van der Waals surface area contributed by atoms with Crippen molar-refractivity contribution in [3.8, 4) is 0 Å². The highest BCUT2D eigenvalue weighted by Gasteiger charge is 2.19. The topological polar surface area (TPSA) is 52.7 Å². The van der Waals surface area contributed by atoms with Crippen molar-refractivity contribution >= 4 is 23.4 Å². The van der Waals surface area contributed by atoms with Gasteiger partial charge in [0.25, 0.3) is 0 Å². The third-order valence-corrected chi connectivity index (χ3v) is 4.49. The lowest BCUT2D eigenvalue weighted by Crippen LogP contribution is -2.40. The number of amides is 2. The third kappa shape index (κ3) is 5.22. The van der Waals surface area contributed by atoms with E-state index in [0.717, 1.165) is 31.6 Å². The summed E-state index contributed by atoms with van der Waals surface area (Å²) in [5.74, 6) is 0.0809. The van der Waals surface area contributed by atoms with Gasteiger partial charge in [0, 0.05) is 38.1 Å². The van der Waals surface area contributed by atoms with Gasteiger partial charge in [-0.15, -0.1) is 0 Å². The van der Waals surface area contributed by atoms with Gasteiger partial charge in [0.15, 0.2) is 0 Å². The quantitative estimate of drug-likeness (QED) is 0.915. The van der Waals surface area contributed by atoms with Crippen LogP contribution in [0.25, 0.3) is 0 Å². The average molecular weight is 338 g/mol. The van der Waals surface area contributed by atoms with Crippen LogP contribution in [0.2, 0.25) is 5.02 Å². The first kappa shape index (κ1) is 17.8. The summed E-state index contributed by atoms with van der Waals surface area (Å²) in [5, 5.41) is 3.65. The molecule has 23 heavy (non-hydrogen) atoms. The molecule has 1 unspecified atom stereocenters. The largest absolute Gasteiger partial charge is 0.348 e. The molecule has 0 aromatic heterocycles. The van der Waals surface area contributed by atoms with E-state index in [9.17, 15) is 9.59 Å². The van der Waals surface area contributed by atoms with Crippen LogP contribution in [-0.4, -0.2) is 54.3 Å². The minimum atomic E-state index is -0.128. The number of hydrogen-bond donors (Lipinski definition) is 1. The van der Waals surface area contributed by atoms with Crippen molar-refractivity contribution in [2.45, 2.75) is 26.3 Å². The predicted octanol–water partition coefficient (Wildman–Crippen LogP) is 2.07. The highest BCUT2D eigenvalue weighted by atomic mass is 35.5. The Bertz CT molecular complexity index is 565. The number of rotatable bonds is 4. The minimum Gasteiger partial charge on any atom is -0.348 e. The van der Waals surface area contributed by atoms with Gasteiger partial charge in [0.1, 0.15) is 0 Å². The smallest absolute Gasteiger partial charge is 0.234 e. The van der Waals surface area contributed by atoms with Crippen molar-refractivity contribution in [3.05, 3.63) is 34.9 Å². The molecule has 1 aliphatic heterocycles. The van der Waals surface area contributed by atoms with Crippen LogP contribution < -0.4 is 5.32 Å². The lowest BCUT2D eigenvalue weighted by molar-refractivity contribution is -0.128. The summed E-state index contributed by atoms with van der Waals surface area (Å²) in [6, 6.07) is 7.40. The normalized spacial score (nSPS) is 17.4. The highest BCUT2D eigenvalue weighted by Crippen LogP contribution is 2.21. The Labute approximate surface area is 142 Å². The molecule has 6 heteroatoms. The summed E-state index contributed by atoms with van der Waals surface area (Å²) in [6.45, 7) is 6.88. The summed E-state index contributed by atoms with van der Waals surface area (Å²) in [6.07, 6.45) is 0.896. The van der Waals surface area contributed by atoms with Crippen LogP contribution in [0.1, 0.15) is 31.9 Å². The Balaban J connectivity index is 1.85. The summed E-state index contributed by atoms with van der Waals surface area (Å²) >= 11 is 6.16. The molecule has 0 spiro atoms. The SMILES string of the molecule is CC(=O)N1CCCN(CC(=O)NC(C)c2ccccc2Cl)CC1. The molecule has 1 saturated heterocycles. The Morgan fingerprint density at radius 1 is 1.22 bits per heavy atom. The molecule has 0 bridgehead atoms. The molecular weight excluding hydrogens is 314 g/mol. The van der Waals surface area contributed by atoms with Gasteiger partial charge >= 0.3 is 0 Å². The second-order valence-corrected chi connectivity index (χ2v) is 6.35. The van der Waals surface area contributed by atoms with Gasteiger partial charge in [-0.05, 0) is 25.0 Å². The van der Waals surface area contributed by atoms with E-state index in [0.29, 0.717) is 18.1 Å². The monoisotopic (exact) mass is 337 g/mol. The van der Waals surface area contributed by atoms with E-state index in [-0.39, 0.29) is 17.9 Å². The minimum absolute atomic E-state index is 0.0197. The van der Waals surface area contributed by atoms with Gasteiger partial charge < -0.3 is 10.2 Å². The van der Waals surface area contributed by atoms with Gasteiger partial charge in [-0.3, -0.25) is 14.5 Å².